The molecule has 1 amide bonds. The summed E-state index contributed by atoms with van der Waals surface area (Å²) in [5.41, 5.74) is 5.77. The van der Waals surface area contributed by atoms with E-state index in [9.17, 15) is 13.2 Å². The van der Waals surface area contributed by atoms with E-state index in [0.717, 1.165) is 19.3 Å². The fraction of sp³-hybridized carbons (Fsp3) is 0.917. The highest BCUT2D eigenvalue weighted by Crippen LogP contribution is 2.32. The van der Waals surface area contributed by atoms with E-state index in [1.54, 1.807) is 4.90 Å². The Hall–Kier alpha value is -0.700. The second-order valence-corrected chi connectivity index (χ2v) is 8.11. The second-order valence-electron chi connectivity index (χ2n) is 5.96. The number of carbonyl (C=O) groups excluding carboxylic acids is 1. The van der Waals surface area contributed by atoms with Crippen molar-refractivity contribution in [3.05, 3.63) is 0 Å². The van der Waals surface area contributed by atoms with Gasteiger partial charge in [0.15, 0.2) is 0 Å². The van der Waals surface area contributed by atoms with E-state index in [0.29, 0.717) is 32.6 Å². The van der Waals surface area contributed by atoms with Gasteiger partial charge in [-0.05, 0) is 19.3 Å². The molecule has 0 aromatic rings. The molecule has 0 radical (unpaired) electrons. The van der Waals surface area contributed by atoms with Crippen LogP contribution in [0, 0.1) is 0 Å². The Labute approximate surface area is 120 Å². The Bertz CT molecular complexity index is 465. The minimum absolute atomic E-state index is 0.0501. The van der Waals surface area contributed by atoms with Crippen molar-refractivity contribution in [1.82, 2.24) is 13.5 Å². The van der Waals surface area contributed by atoms with Crippen LogP contribution in [0.4, 0.5) is 0 Å². The Balaban J connectivity index is 1.86. The molecule has 0 spiro atoms. The van der Waals surface area contributed by atoms with Crippen molar-refractivity contribution >= 4 is 16.1 Å². The maximum absolute atomic E-state index is 12.2. The van der Waals surface area contributed by atoms with E-state index in [1.165, 1.54) is 22.7 Å². The fourth-order valence-corrected chi connectivity index (χ4v) is 3.71. The number of piperazine rings is 1. The summed E-state index contributed by atoms with van der Waals surface area (Å²) in [7, 11) is -0.343. The van der Waals surface area contributed by atoms with Gasteiger partial charge in [-0.15, -0.1) is 0 Å². The van der Waals surface area contributed by atoms with Crippen LogP contribution < -0.4 is 5.73 Å². The van der Waals surface area contributed by atoms with E-state index in [2.05, 4.69) is 0 Å². The Morgan fingerprint density at radius 1 is 1.20 bits per heavy atom. The van der Waals surface area contributed by atoms with Crippen LogP contribution in [-0.2, 0) is 15.0 Å². The van der Waals surface area contributed by atoms with E-state index in [4.69, 9.17) is 5.73 Å². The molecule has 2 N–H and O–H groups in total. The summed E-state index contributed by atoms with van der Waals surface area (Å²) in [6.07, 6.45) is 3.30. The molecule has 116 valence electrons. The summed E-state index contributed by atoms with van der Waals surface area (Å²) in [5.74, 6) is 0.0501. The molecule has 0 aromatic heterocycles. The van der Waals surface area contributed by atoms with Gasteiger partial charge in [-0.3, -0.25) is 4.79 Å². The second kappa shape index (κ2) is 5.59. The Kier molecular flexibility index (Phi) is 4.38. The molecule has 1 aliphatic carbocycles. The summed E-state index contributed by atoms with van der Waals surface area (Å²) in [6, 6.07) is 0. The maximum atomic E-state index is 12.2. The van der Waals surface area contributed by atoms with Crippen LogP contribution in [0.3, 0.4) is 0 Å². The van der Waals surface area contributed by atoms with Gasteiger partial charge in [0.25, 0.3) is 10.2 Å². The number of nitrogens with zero attached hydrogens (tertiary/aromatic N) is 3. The van der Waals surface area contributed by atoms with Crippen molar-refractivity contribution in [3.8, 4) is 0 Å². The summed E-state index contributed by atoms with van der Waals surface area (Å²) in [4.78, 5) is 13.9. The van der Waals surface area contributed by atoms with Gasteiger partial charge < -0.3 is 10.6 Å². The average molecular weight is 304 g/mol. The molecule has 2 aliphatic rings. The number of hydrogen-bond donors (Lipinski definition) is 1. The van der Waals surface area contributed by atoms with Crippen molar-refractivity contribution in [2.24, 2.45) is 5.73 Å². The molecule has 7 nitrogen and oxygen atoms in total. The van der Waals surface area contributed by atoms with E-state index in [1.807, 2.05) is 0 Å². The lowest BCUT2D eigenvalue weighted by molar-refractivity contribution is -0.134. The highest BCUT2D eigenvalue weighted by Gasteiger charge is 2.37. The first-order valence-electron chi connectivity index (χ1n) is 6.99. The molecule has 1 saturated heterocycles. The smallest absolute Gasteiger partial charge is 0.281 e. The number of carbonyl (C=O) groups is 1. The number of rotatable bonds is 4. The van der Waals surface area contributed by atoms with Gasteiger partial charge in [-0.25, -0.2) is 0 Å². The predicted octanol–water partition coefficient (Wildman–Crippen LogP) is -0.791. The third-order valence-corrected chi connectivity index (χ3v) is 6.17. The van der Waals surface area contributed by atoms with Crippen LogP contribution >= 0.6 is 0 Å². The molecule has 1 heterocycles. The van der Waals surface area contributed by atoms with Crippen LogP contribution in [-0.4, -0.2) is 73.6 Å². The largest absolute Gasteiger partial charge is 0.340 e. The zero-order valence-electron chi connectivity index (χ0n) is 12.2. The quantitative estimate of drug-likeness (QED) is 0.737. The molecular weight excluding hydrogens is 280 g/mol. The number of amides is 1. The Morgan fingerprint density at radius 2 is 1.75 bits per heavy atom. The van der Waals surface area contributed by atoms with Crippen LogP contribution in [0.5, 0.6) is 0 Å². The topological polar surface area (TPSA) is 87.0 Å². The summed E-state index contributed by atoms with van der Waals surface area (Å²) < 4.78 is 26.6. The molecular formula is C12H24N4O3S. The molecule has 2 fully saturated rings. The van der Waals surface area contributed by atoms with E-state index < -0.39 is 10.2 Å². The lowest BCUT2D eigenvalue weighted by atomic mass is 9.75. The van der Waals surface area contributed by atoms with Gasteiger partial charge in [-0.2, -0.15) is 17.0 Å². The third kappa shape index (κ3) is 3.13. The molecule has 0 aromatic carbocycles. The molecule has 0 atom stereocenters. The van der Waals surface area contributed by atoms with Crippen molar-refractivity contribution < 1.29 is 13.2 Å². The average Bonchev–Trinajstić information content (AvgIpc) is 2.36. The lowest BCUT2D eigenvalue weighted by Crippen LogP contribution is -2.56. The normalized spacial score (nSPS) is 23.7. The Morgan fingerprint density at radius 3 is 2.15 bits per heavy atom. The molecule has 0 unspecified atom stereocenters. The van der Waals surface area contributed by atoms with Crippen LogP contribution in [0.1, 0.15) is 25.7 Å². The number of nitrogens with two attached hydrogens (primary N) is 1. The third-order valence-electron chi connectivity index (χ3n) is 4.23. The predicted molar refractivity (Wildman–Crippen MR) is 76.1 cm³/mol. The first kappa shape index (κ1) is 15.7. The molecule has 1 aliphatic heterocycles. The van der Waals surface area contributed by atoms with E-state index >= 15 is 0 Å². The lowest BCUT2D eigenvalue weighted by Gasteiger charge is -2.40. The standard InChI is InChI=1S/C12H24N4O3S/c1-14(2)20(18,19)16-8-6-15(7-9-16)11(17)10-12(13)4-3-5-12/h3-10,13H2,1-2H3. The van der Waals surface area contributed by atoms with Gasteiger partial charge in [0.05, 0.1) is 0 Å². The van der Waals surface area contributed by atoms with Gasteiger partial charge in [0, 0.05) is 52.2 Å². The summed E-state index contributed by atoms with van der Waals surface area (Å²) in [5, 5.41) is 0. The minimum atomic E-state index is -3.37. The maximum Gasteiger partial charge on any atom is 0.281 e. The SMILES string of the molecule is CN(C)S(=O)(=O)N1CCN(C(=O)CC2(N)CCC2)CC1. The van der Waals surface area contributed by atoms with Gasteiger partial charge >= 0.3 is 0 Å². The van der Waals surface area contributed by atoms with Crippen molar-refractivity contribution in [3.63, 3.8) is 0 Å². The summed E-state index contributed by atoms with van der Waals surface area (Å²) >= 11 is 0. The van der Waals surface area contributed by atoms with Gasteiger partial charge in [-0.1, -0.05) is 0 Å². The van der Waals surface area contributed by atoms with Crippen molar-refractivity contribution in [2.45, 2.75) is 31.2 Å². The molecule has 1 saturated carbocycles. The first-order chi connectivity index (χ1) is 9.24. The van der Waals surface area contributed by atoms with Crippen molar-refractivity contribution in [2.75, 3.05) is 40.3 Å². The highest BCUT2D eigenvalue weighted by atomic mass is 32.2. The zero-order chi connectivity index (χ0) is 15.0. The fourth-order valence-electron chi connectivity index (χ4n) is 2.62. The molecule has 8 heteroatoms. The highest BCUT2D eigenvalue weighted by molar-refractivity contribution is 7.86. The zero-order valence-corrected chi connectivity index (χ0v) is 13.0. The van der Waals surface area contributed by atoms with Crippen molar-refractivity contribution in [1.29, 1.82) is 0 Å². The number of hydrogen-bond acceptors (Lipinski definition) is 4. The van der Waals surface area contributed by atoms with Crippen LogP contribution in [0.2, 0.25) is 0 Å². The monoisotopic (exact) mass is 304 g/mol. The molecule has 0 bridgehead atoms. The minimum Gasteiger partial charge on any atom is -0.340 e. The van der Waals surface area contributed by atoms with Gasteiger partial charge in [0.1, 0.15) is 0 Å². The first-order valence-corrected chi connectivity index (χ1v) is 8.39. The van der Waals surface area contributed by atoms with Crippen LogP contribution in [0.25, 0.3) is 0 Å². The summed E-state index contributed by atoms with van der Waals surface area (Å²) in [6.45, 7) is 1.59. The molecule has 2 rings (SSSR count). The molecule has 20 heavy (non-hydrogen) atoms. The van der Waals surface area contributed by atoms with Crippen LogP contribution in [0.15, 0.2) is 0 Å². The van der Waals surface area contributed by atoms with E-state index in [-0.39, 0.29) is 11.4 Å². The van der Waals surface area contributed by atoms with Gasteiger partial charge in [0.2, 0.25) is 5.91 Å².